The Morgan fingerprint density at radius 1 is 1.30 bits per heavy atom. The lowest BCUT2D eigenvalue weighted by atomic mass is 10.2. The summed E-state index contributed by atoms with van der Waals surface area (Å²) in [7, 11) is 0. The molecule has 0 aliphatic heterocycles. The van der Waals surface area contributed by atoms with Crippen molar-refractivity contribution in [2.75, 3.05) is 11.9 Å². The minimum absolute atomic E-state index is 0.180. The molecule has 0 aliphatic rings. The highest BCUT2D eigenvalue weighted by Gasteiger charge is 2.11. The first-order valence-corrected chi connectivity index (χ1v) is 7.28. The number of nitrogens with one attached hydrogen (secondary N) is 2. The molecule has 1 atom stereocenters. The molecule has 1 aromatic heterocycles. The lowest BCUT2D eigenvalue weighted by Crippen LogP contribution is -2.30. The monoisotopic (exact) mass is 316 g/mol. The van der Waals surface area contributed by atoms with Gasteiger partial charge in [0.25, 0.3) is 5.91 Å². The van der Waals surface area contributed by atoms with Crippen LogP contribution in [0.15, 0.2) is 30.3 Å². The van der Waals surface area contributed by atoms with Crippen molar-refractivity contribution in [3.05, 3.63) is 41.6 Å². The molecule has 7 nitrogen and oxygen atoms in total. The molecule has 2 rings (SSSR count). The number of benzene rings is 1. The summed E-state index contributed by atoms with van der Waals surface area (Å²) in [5.74, 6) is 0.137. The Bertz CT molecular complexity index is 705. The maximum Gasteiger partial charge on any atom is 0.251 e. The third-order valence-corrected chi connectivity index (χ3v) is 3.07. The molecule has 0 saturated carbocycles. The molecule has 1 heterocycles. The fraction of sp³-hybridized carbons (Fsp3) is 0.312. The lowest BCUT2D eigenvalue weighted by Gasteiger charge is -2.09. The predicted molar refractivity (Wildman–Crippen MR) is 86.6 cm³/mol. The summed E-state index contributed by atoms with van der Waals surface area (Å²) in [6.07, 6.45) is -0.592. The number of aliphatic hydroxyl groups excluding tert-OH is 1. The van der Waals surface area contributed by atoms with E-state index in [0.717, 1.165) is 11.4 Å². The maximum atomic E-state index is 11.9. The van der Waals surface area contributed by atoms with Crippen LogP contribution in [0.25, 0.3) is 5.69 Å². The quantitative estimate of drug-likeness (QED) is 0.773. The zero-order valence-corrected chi connectivity index (χ0v) is 13.3. The Morgan fingerprint density at radius 3 is 2.52 bits per heavy atom. The van der Waals surface area contributed by atoms with Crippen molar-refractivity contribution in [2.24, 2.45) is 0 Å². The number of aryl methyl sites for hydroxylation is 1. The van der Waals surface area contributed by atoms with Crippen LogP contribution in [0.4, 0.5) is 5.82 Å². The van der Waals surface area contributed by atoms with Crippen LogP contribution in [0.5, 0.6) is 0 Å². The minimum Gasteiger partial charge on any atom is -0.392 e. The van der Waals surface area contributed by atoms with Gasteiger partial charge in [0.15, 0.2) is 0 Å². The number of anilines is 1. The molecule has 0 spiro atoms. The number of aliphatic hydroxyl groups is 1. The molecule has 23 heavy (non-hydrogen) atoms. The molecule has 2 amide bonds. The van der Waals surface area contributed by atoms with Gasteiger partial charge in [-0.1, -0.05) is 0 Å². The summed E-state index contributed by atoms with van der Waals surface area (Å²) >= 11 is 0. The van der Waals surface area contributed by atoms with Gasteiger partial charge in [-0.15, -0.1) is 0 Å². The number of nitrogens with zero attached hydrogens (tertiary/aromatic N) is 2. The molecule has 1 unspecified atom stereocenters. The van der Waals surface area contributed by atoms with Crippen molar-refractivity contribution in [1.82, 2.24) is 15.1 Å². The second kappa shape index (κ2) is 7.06. The molecule has 0 bridgehead atoms. The zero-order chi connectivity index (χ0) is 17.0. The summed E-state index contributed by atoms with van der Waals surface area (Å²) in [6.45, 7) is 5.07. The van der Waals surface area contributed by atoms with Crippen molar-refractivity contribution >= 4 is 17.6 Å². The van der Waals surface area contributed by atoms with Gasteiger partial charge in [-0.2, -0.15) is 5.10 Å². The highest BCUT2D eigenvalue weighted by atomic mass is 16.3. The molecule has 3 N–H and O–H groups in total. The van der Waals surface area contributed by atoms with E-state index in [1.54, 1.807) is 41.9 Å². The van der Waals surface area contributed by atoms with Crippen LogP contribution in [-0.2, 0) is 4.79 Å². The van der Waals surface area contributed by atoms with Gasteiger partial charge in [-0.25, -0.2) is 4.68 Å². The molecule has 122 valence electrons. The van der Waals surface area contributed by atoms with Crippen molar-refractivity contribution in [2.45, 2.75) is 26.9 Å². The van der Waals surface area contributed by atoms with E-state index in [1.807, 2.05) is 6.92 Å². The van der Waals surface area contributed by atoms with Crippen LogP contribution < -0.4 is 10.6 Å². The van der Waals surface area contributed by atoms with Crippen LogP contribution in [0.3, 0.4) is 0 Å². The van der Waals surface area contributed by atoms with Crippen molar-refractivity contribution in [3.8, 4) is 5.69 Å². The topological polar surface area (TPSA) is 96.2 Å². The largest absolute Gasteiger partial charge is 0.392 e. The Hall–Kier alpha value is -2.67. The standard InChI is InChI=1S/C16H20N4O3/c1-10-8-15(18-12(3)22)20(19-10)14-6-4-13(5-7-14)16(23)17-9-11(2)21/h4-8,11,21H,9H2,1-3H3,(H,17,23)(H,18,22). The Morgan fingerprint density at radius 2 is 1.96 bits per heavy atom. The van der Waals surface area contributed by atoms with Crippen molar-refractivity contribution in [3.63, 3.8) is 0 Å². The normalized spacial score (nSPS) is 11.8. The maximum absolute atomic E-state index is 11.9. The van der Waals surface area contributed by atoms with Gasteiger partial charge >= 0.3 is 0 Å². The smallest absolute Gasteiger partial charge is 0.251 e. The number of hydrogen-bond donors (Lipinski definition) is 3. The highest BCUT2D eigenvalue weighted by molar-refractivity contribution is 5.94. The zero-order valence-electron chi connectivity index (χ0n) is 13.3. The van der Waals surface area contributed by atoms with Crippen LogP contribution in [0.2, 0.25) is 0 Å². The minimum atomic E-state index is -0.592. The SMILES string of the molecule is CC(=O)Nc1cc(C)nn1-c1ccc(C(=O)NCC(C)O)cc1. The van der Waals surface area contributed by atoms with Crippen molar-refractivity contribution in [1.29, 1.82) is 0 Å². The van der Waals surface area contributed by atoms with E-state index < -0.39 is 6.10 Å². The first-order chi connectivity index (χ1) is 10.9. The summed E-state index contributed by atoms with van der Waals surface area (Å²) in [6, 6.07) is 8.59. The van der Waals surface area contributed by atoms with Crippen LogP contribution in [0, 0.1) is 6.92 Å². The van der Waals surface area contributed by atoms with Gasteiger partial charge in [-0.3, -0.25) is 9.59 Å². The molecular formula is C16H20N4O3. The molecule has 1 aromatic carbocycles. The number of carbonyl (C=O) groups is 2. The predicted octanol–water partition coefficient (Wildman–Crippen LogP) is 1.25. The van der Waals surface area contributed by atoms with Gasteiger partial charge in [0, 0.05) is 25.1 Å². The number of aromatic nitrogens is 2. The second-order valence-electron chi connectivity index (χ2n) is 5.37. The average Bonchev–Trinajstić information content (AvgIpc) is 2.84. The van der Waals surface area contributed by atoms with Gasteiger partial charge in [0.1, 0.15) is 5.82 Å². The fourth-order valence-electron chi connectivity index (χ4n) is 2.06. The number of amides is 2. The number of rotatable bonds is 5. The van der Waals surface area contributed by atoms with Gasteiger partial charge in [-0.05, 0) is 38.1 Å². The summed E-state index contributed by atoms with van der Waals surface area (Å²) in [5.41, 5.74) is 1.99. The van der Waals surface area contributed by atoms with E-state index in [2.05, 4.69) is 15.7 Å². The van der Waals surface area contributed by atoms with E-state index >= 15 is 0 Å². The lowest BCUT2D eigenvalue weighted by molar-refractivity contribution is -0.114. The third-order valence-electron chi connectivity index (χ3n) is 3.07. The third kappa shape index (κ3) is 4.40. The average molecular weight is 316 g/mol. The molecule has 7 heteroatoms. The van der Waals surface area contributed by atoms with Gasteiger partial charge in [0.2, 0.25) is 5.91 Å². The Labute approximate surface area is 134 Å². The first kappa shape index (κ1) is 16.7. The van der Waals surface area contributed by atoms with Crippen LogP contribution in [0.1, 0.15) is 29.9 Å². The Balaban J connectivity index is 2.20. The second-order valence-corrected chi connectivity index (χ2v) is 5.37. The van der Waals surface area contributed by atoms with Crippen LogP contribution in [-0.4, -0.2) is 39.4 Å². The van der Waals surface area contributed by atoms with E-state index in [0.29, 0.717) is 11.4 Å². The molecule has 0 fully saturated rings. The van der Waals surface area contributed by atoms with Gasteiger partial charge in [0.05, 0.1) is 17.5 Å². The highest BCUT2D eigenvalue weighted by Crippen LogP contribution is 2.17. The van der Waals surface area contributed by atoms with Crippen molar-refractivity contribution < 1.29 is 14.7 Å². The molecule has 0 saturated heterocycles. The number of hydrogen-bond acceptors (Lipinski definition) is 4. The summed E-state index contributed by atoms with van der Waals surface area (Å²) in [5, 5.41) is 18.9. The molecular weight excluding hydrogens is 296 g/mol. The van der Waals surface area contributed by atoms with E-state index in [-0.39, 0.29) is 18.4 Å². The molecule has 2 aromatic rings. The number of carbonyl (C=O) groups excluding carboxylic acids is 2. The first-order valence-electron chi connectivity index (χ1n) is 7.28. The van der Waals surface area contributed by atoms with E-state index in [4.69, 9.17) is 0 Å². The van der Waals surface area contributed by atoms with E-state index in [9.17, 15) is 14.7 Å². The summed E-state index contributed by atoms with van der Waals surface area (Å²) in [4.78, 5) is 23.2. The van der Waals surface area contributed by atoms with Crippen LogP contribution >= 0.6 is 0 Å². The van der Waals surface area contributed by atoms with E-state index in [1.165, 1.54) is 6.92 Å². The molecule has 0 radical (unpaired) electrons. The molecule has 0 aliphatic carbocycles. The Kier molecular flexibility index (Phi) is 5.13. The van der Waals surface area contributed by atoms with Gasteiger partial charge < -0.3 is 15.7 Å². The fourth-order valence-corrected chi connectivity index (χ4v) is 2.06. The summed E-state index contributed by atoms with van der Waals surface area (Å²) < 4.78 is 1.61.